The predicted molar refractivity (Wildman–Crippen MR) is 112 cm³/mol. The maximum absolute atomic E-state index is 11.4. The second-order valence-corrected chi connectivity index (χ2v) is 6.98. The Kier molecular flexibility index (Phi) is 7.15. The molecule has 4 rings (SSSR count). The molecule has 0 amide bonds. The van der Waals surface area contributed by atoms with Crippen LogP contribution in [-0.2, 0) is 9.47 Å². The molecule has 3 heterocycles. The summed E-state index contributed by atoms with van der Waals surface area (Å²) in [5, 5.41) is 0.328. The van der Waals surface area contributed by atoms with Crippen LogP contribution in [0.1, 0.15) is 19.4 Å². The van der Waals surface area contributed by atoms with Crippen molar-refractivity contribution in [3.63, 3.8) is 0 Å². The Morgan fingerprint density at radius 3 is 2.71 bits per heavy atom. The van der Waals surface area contributed by atoms with Gasteiger partial charge >= 0.3 is 6.16 Å². The molecule has 0 radical (unpaired) electrons. The van der Waals surface area contributed by atoms with Gasteiger partial charge < -0.3 is 14.0 Å². The Hall–Kier alpha value is -2.27. The third-order valence-electron chi connectivity index (χ3n) is 3.81. The van der Waals surface area contributed by atoms with E-state index in [-0.39, 0.29) is 12.1 Å². The van der Waals surface area contributed by atoms with Gasteiger partial charge in [-0.1, -0.05) is 23.7 Å². The van der Waals surface area contributed by atoms with E-state index in [1.807, 2.05) is 57.5 Å². The molecule has 146 valence electrons. The van der Waals surface area contributed by atoms with Crippen LogP contribution in [0.5, 0.6) is 0 Å². The molecule has 0 spiro atoms. The molecule has 0 N–H and O–H groups in total. The third kappa shape index (κ3) is 5.16. The van der Waals surface area contributed by atoms with Crippen LogP contribution in [0.3, 0.4) is 0 Å². The first-order chi connectivity index (χ1) is 13.6. The van der Waals surface area contributed by atoms with Crippen molar-refractivity contribution in [3.05, 3.63) is 58.1 Å². The largest absolute Gasteiger partial charge is 0.508 e. The van der Waals surface area contributed by atoms with Gasteiger partial charge in [-0.05, 0) is 25.1 Å². The Morgan fingerprint density at radius 2 is 2.07 bits per heavy atom. The number of nitrogens with zero attached hydrogens (tertiary/aromatic N) is 5. The first kappa shape index (κ1) is 20.5. The van der Waals surface area contributed by atoms with Crippen molar-refractivity contribution in [2.75, 3.05) is 6.61 Å². The zero-order valence-electron chi connectivity index (χ0n) is 14.9. The van der Waals surface area contributed by atoms with E-state index in [2.05, 4.69) is 19.9 Å². The van der Waals surface area contributed by atoms with E-state index in [4.69, 9.17) is 21.1 Å². The predicted octanol–water partition coefficient (Wildman–Crippen LogP) is 4.21. The number of fused-ring (bicyclic) bond motifs is 1. The molecule has 1 aliphatic rings. The van der Waals surface area contributed by atoms with E-state index in [1.54, 1.807) is 25.6 Å². The minimum Gasteiger partial charge on any atom is -0.435 e. The van der Waals surface area contributed by atoms with E-state index in [0.717, 1.165) is 0 Å². The number of carbonyl (C=O) groups is 1. The monoisotopic (exact) mass is 513 g/mol. The molecule has 28 heavy (non-hydrogen) atoms. The number of aromatic nitrogens is 5. The Bertz CT molecular complexity index is 940. The number of halogens is 2. The Morgan fingerprint density at radius 1 is 1.29 bits per heavy atom. The zero-order valence-corrected chi connectivity index (χ0v) is 17.8. The molecule has 0 aromatic carbocycles. The SMILES string of the molecule is CCOC(=O)O[C@@H]1C=C[C@H](n2cnc3c(Cl)nc(I)nc32)C1.c1ccncc1. The van der Waals surface area contributed by atoms with Crippen LogP contribution in [0, 0.1) is 3.83 Å². The average molecular weight is 514 g/mol. The second-order valence-electron chi connectivity index (χ2n) is 5.66. The van der Waals surface area contributed by atoms with Crippen molar-refractivity contribution in [1.82, 2.24) is 24.5 Å². The molecule has 8 nitrogen and oxygen atoms in total. The van der Waals surface area contributed by atoms with Gasteiger partial charge in [0.15, 0.2) is 14.6 Å². The highest BCUT2D eigenvalue weighted by Gasteiger charge is 2.26. The lowest BCUT2D eigenvalue weighted by Crippen LogP contribution is -2.17. The molecule has 10 heteroatoms. The van der Waals surface area contributed by atoms with Crippen LogP contribution in [0.15, 0.2) is 49.1 Å². The summed E-state index contributed by atoms with van der Waals surface area (Å²) >= 11 is 8.09. The Balaban J connectivity index is 0.000000320. The number of rotatable bonds is 3. The van der Waals surface area contributed by atoms with Crippen molar-refractivity contribution in [1.29, 1.82) is 0 Å². The van der Waals surface area contributed by atoms with Crippen LogP contribution in [0.4, 0.5) is 4.79 Å². The van der Waals surface area contributed by atoms with Crippen molar-refractivity contribution in [2.24, 2.45) is 0 Å². The number of hydrogen-bond donors (Lipinski definition) is 0. The van der Waals surface area contributed by atoms with Gasteiger partial charge in [-0.3, -0.25) is 4.98 Å². The zero-order chi connectivity index (χ0) is 19.9. The van der Waals surface area contributed by atoms with Gasteiger partial charge in [0.05, 0.1) is 19.0 Å². The van der Waals surface area contributed by atoms with E-state index >= 15 is 0 Å². The number of carbonyl (C=O) groups excluding carboxylic acids is 1. The maximum Gasteiger partial charge on any atom is 0.508 e. The highest BCUT2D eigenvalue weighted by molar-refractivity contribution is 14.1. The second kappa shape index (κ2) is 9.78. The lowest BCUT2D eigenvalue weighted by atomic mass is 10.2. The summed E-state index contributed by atoms with van der Waals surface area (Å²) in [6, 6.07) is 5.71. The first-order valence-electron chi connectivity index (χ1n) is 8.50. The standard InChI is InChI=1S/C13H12ClIN4O3.C5H5N/c1-2-21-13(20)22-8-4-3-7(5-8)19-6-16-9-10(14)17-12(15)18-11(9)19;1-2-4-6-5-3-1/h3-4,6-8H,2,5H2,1H3;1-5H/t7-,8+;/m0./s1. The van der Waals surface area contributed by atoms with Crippen molar-refractivity contribution >= 4 is 51.5 Å². The molecule has 3 aromatic rings. The van der Waals surface area contributed by atoms with Crippen LogP contribution in [-0.4, -0.2) is 43.4 Å². The summed E-state index contributed by atoms with van der Waals surface area (Å²) in [6.45, 7) is 2.02. The van der Waals surface area contributed by atoms with E-state index < -0.39 is 6.16 Å². The average Bonchev–Trinajstić information content (AvgIpc) is 3.30. The van der Waals surface area contributed by atoms with Crippen molar-refractivity contribution in [3.8, 4) is 0 Å². The quantitative estimate of drug-likeness (QED) is 0.170. The van der Waals surface area contributed by atoms with Gasteiger partial charge in [0.1, 0.15) is 11.6 Å². The van der Waals surface area contributed by atoms with E-state index in [9.17, 15) is 4.79 Å². The maximum atomic E-state index is 11.4. The molecular weight excluding hydrogens is 497 g/mol. The normalized spacial score (nSPS) is 17.8. The molecule has 0 bridgehead atoms. The topological polar surface area (TPSA) is 92.0 Å². The fourth-order valence-electron chi connectivity index (χ4n) is 2.63. The summed E-state index contributed by atoms with van der Waals surface area (Å²) in [5.41, 5.74) is 1.22. The van der Waals surface area contributed by atoms with Crippen LogP contribution < -0.4 is 0 Å². The summed E-state index contributed by atoms with van der Waals surface area (Å²) in [6.07, 6.45) is 8.58. The van der Waals surface area contributed by atoms with Gasteiger partial charge in [-0.25, -0.2) is 19.7 Å². The van der Waals surface area contributed by atoms with Crippen LogP contribution in [0.25, 0.3) is 11.2 Å². The molecule has 3 aromatic heterocycles. The molecule has 1 aliphatic carbocycles. The molecule has 0 unspecified atom stereocenters. The highest BCUT2D eigenvalue weighted by Crippen LogP contribution is 2.29. The number of ether oxygens (including phenoxy) is 2. The van der Waals surface area contributed by atoms with Crippen LogP contribution >= 0.6 is 34.2 Å². The summed E-state index contributed by atoms with van der Waals surface area (Å²) < 4.78 is 12.4. The summed E-state index contributed by atoms with van der Waals surface area (Å²) in [5.74, 6) is 0. The molecule has 0 fully saturated rings. The number of pyridine rings is 1. The molecule has 0 saturated heterocycles. The summed E-state index contributed by atoms with van der Waals surface area (Å²) in [4.78, 5) is 27.9. The molecular formula is C18H17ClIN5O3. The van der Waals surface area contributed by atoms with Gasteiger partial charge in [0, 0.05) is 41.4 Å². The molecule has 0 aliphatic heterocycles. The minimum atomic E-state index is -0.659. The van der Waals surface area contributed by atoms with Crippen molar-refractivity contribution in [2.45, 2.75) is 25.5 Å². The number of hydrogen-bond acceptors (Lipinski definition) is 7. The molecule has 0 saturated carbocycles. The van der Waals surface area contributed by atoms with Crippen LogP contribution in [0.2, 0.25) is 5.15 Å². The van der Waals surface area contributed by atoms with Gasteiger partial charge in [0.25, 0.3) is 0 Å². The van der Waals surface area contributed by atoms with Crippen molar-refractivity contribution < 1.29 is 14.3 Å². The highest BCUT2D eigenvalue weighted by atomic mass is 127. The van der Waals surface area contributed by atoms with Gasteiger partial charge in [0.2, 0.25) is 0 Å². The lowest BCUT2D eigenvalue weighted by Gasteiger charge is -2.14. The fourth-order valence-corrected chi connectivity index (χ4v) is 3.45. The summed E-state index contributed by atoms with van der Waals surface area (Å²) in [7, 11) is 0. The Labute approximate surface area is 180 Å². The van der Waals surface area contributed by atoms with Gasteiger partial charge in [-0.15, -0.1) is 0 Å². The fraction of sp³-hybridized carbons (Fsp3) is 0.278. The molecule has 2 atom stereocenters. The minimum absolute atomic E-state index is 0.00815. The van der Waals surface area contributed by atoms with E-state index in [1.165, 1.54) is 0 Å². The lowest BCUT2D eigenvalue weighted by molar-refractivity contribution is 0.0387. The van der Waals surface area contributed by atoms with E-state index in [0.29, 0.717) is 33.2 Å². The smallest absolute Gasteiger partial charge is 0.435 e. The number of allylic oxidation sites excluding steroid dienone is 1. The number of imidazole rings is 1. The third-order valence-corrected chi connectivity index (χ3v) is 4.55. The first-order valence-corrected chi connectivity index (χ1v) is 9.96. The van der Waals surface area contributed by atoms with Gasteiger partial charge in [-0.2, -0.15) is 0 Å².